The summed E-state index contributed by atoms with van der Waals surface area (Å²) in [5, 5.41) is 39.2. The highest BCUT2D eigenvalue weighted by Crippen LogP contribution is 2.40. The molecule has 0 saturated heterocycles. The molecule has 6 aromatic rings. The number of aliphatic hydroxyl groups excluding tert-OH is 2. The maximum atomic E-state index is 15.5. The third-order valence-corrected chi connectivity index (χ3v) is 10.7. The zero-order valence-corrected chi connectivity index (χ0v) is 27.6. The van der Waals surface area contributed by atoms with Gasteiger partial charge in [0.25, 0.3) is 0 Å². The molecule has 4 aromatic carbocycles. The average molecular weight is 750 g/mol. The van der Waals surface area contributed by atoms with Crippen LogP contribution in [-0.2, 0) is 13.1 Å². The van der Waals surface area contributed by atoms with E-state index in [1.807, 2.05) is 33.6 Å². The van der Waals surface area contributed by atoms with Gasteiger partial charge in [-0.25, -0.2) is 18.1 Å². The number of fused-ring (bicyclic) bond motifs is 2. The van der Waals surface area contributed by atoms with E-state index in [1.165, 1.54) is 56.0 Å². The minimum absolute atomic E-state index is 0.101. The molecule has 2 aliphatic carbocycles. The Balaban J connectivity index is 1.03. The largest absolute Gasteiger partial charge is 0.385 e. The maximum absolute atomic E-state index is 15.5. The molecule has 2 N–H and O–H groups in total. The van der Waals surface area contributed by atoms with E-state index in [-0.39, 0.29) is 11.1 Å². The van der Waals surface area contributed by atoms with Crippen molar-refractivity contribution in [2.24, 2.45) is 11.8 Å². The van der Waals surface area contributed by atoms with Crippen LogP contribution in [0.2, 0.25) is 0 Å². The van der Waals surface area contributed by atoms with Crippen LogP contribution in [0.25, 0.3) is 44.3 Å². The Morgan fingerprint density at radius 3 is 1.80 bits per heavy atom. The molecule has 2 aromatic heterocycles. The number of aliphatic hydroxyl groups is 2. The molecule has 2 atom stereocenters. The first-order valence-corrected chi connectivity index (χ1v) is 16.8. The summed E-state index contributed by atoms with van der Waals surface area (Å²) in [6.45, 7) is 1.64. The minimum atomic E-state index is -1.63. The van der Waals surface area contributed by atoms with Crippen molar-refractivity contribution >= 4 is 53.9 Å². The molecule has 2 unspecified atom stereocenters. The van der Waals surface area contributed by atoms with E-state index >= 15 is 8.78 Å². The number of benzene rings is 4. The van der Waals surface area contributed by atoms with E-state index in [0.717, 1.165) is 29.7 Å². The number of halogens is 4. The van der Waals surface area contributed by atoms with Crippen molar-refractivity contribution in [3.63, 3.8) is 0 Å². The Morgan fingerprint density at radius 2 is 1.24 bits per heavy atom. The fraction of sp³-hybridized carbons (Fsp3) is 0.294. The van der Waals surface area contributed by atoms with Crippen LogP contribution in [0.5, 0.6) is 0 Å². The SMILES string of the molecule is OC(c1ccc(-c2ccc3c(nnn3CC3CC3)c2Br)c(F)c1)C(O)c1ccc(-c2ccc3c(nnn3CC3CC3)c2Br)cc1F. The van der Waals surface area contributed by atoms with Crippen LogP contribution < -0.4 is 0 Å². The van der Waals surface area contributed by atoms with Gasteiger partial charge in [-0.3, -0.25) is 0 Å². The van der Waals surface area contributed by atoms with E-state index in [0.29, 0.717) is 48.5 Å². The first-order chi connectivity index (χ1) is 22.3. The number of aromatic nitrogens is 6. The Hall–Kier alpha value is -3.58. The zero-order valence-electron chi connectivity index (χ0n) is 24.4. The molecule has 234 valence electrons. The Morgan fingerprint density at radius 1 is 0.674 bits per heavy atom. The fourth-order valence-corrected chi connectivity index (χ4v) is 7.29. The van der Waals surface area contributed by atoms with Crippen molar-refractivity contribution in [1.29, 1.82) is 0 Å². The molecule has 0 amide bonds. The van der Waals surface area contributed by atoms with Gasteiger partial charge >= 0.3 is 0 Å². The molecular formula is C34H28Br2F2N6O2. The summed E-state index contributed by atoms with van der Waals surface area (Å²) in [6, 6.07) is 16.2. The van der Waals surface area contributed by atoms with Gasteiger partial charge in [-0.15, -0.1) is 10.2 Å². The smallest absolute Gasteiger partial charge is 0.131 e. The van der Waals surface area contributed by atoms with Crippen LogP contribution >= 0.6 is 31.9 Å². The second-order valence-electron chi connectivity index (χ2n) is 12.4. The average Bonchev–Trinajstić information content (AvgIpc) is 3.97. The topological polar surface area (TPSA) is 102 Å². The first kappa shape index (κ1) is 29.8. The monoisotopic (exact) mass is 748 g/mol. The van der Waals surface area contributed by atoms with Crippen molar-refractivity contribution in [1.82, 2.24) is 30.0 Å². The lowest BCUT2D eigenvalue weighted by Crippen LogP contribution is -2.12. The van der Waals surface area contributed by atoms with Crippen LogP contribution in [-0.4, -0.2) is 40.2 Å². The molecule has 0 bridgehead atoms. The Bertz CT molecular complexity index is 2140. The van der Waals surface area contributed by atoms with Gasteiger partial charge in [0.1, 0.15) is 34.9 Å². The summed E-state index contributed by atoms with van der Waals surface area (Å²) >= 11 is 7.21. The predicted molar refractivity (Wildman–Crippen MR) is 177 cm³/mol. The van der Waals surface area contributed by atoms with Gasteiger partial charge in [-0.05, 0) is 110 Å². The lowest BCUT2D eigenvalue weighted by molar-refractivity contribution is 0.0150. The van der Waals surface area contributed by atoms with E-state index in [9.17, 15) is 10.2 Å². The number of nitrogens with zero attached hydrogens (tertiary/aromatic N) is 6. The highest BCUT2D eigenvalue weighted by Gasteiger charge is 2.27. The standard InChI is InChI=1S/C34H28Br2F2N6O2/c35-29-21(9-11-27-31(29)39-41-43(27)15-17-1-2-17)19-5-8-24(26(38)13-19)34(46)33(45)20-6-7-22(25(37)14-20)23-10-12-28-32(30(23)36)40-42-44(28)16-18-3-4-18/h5-14,17-18,33-34,45-46H,1-4,15-16H2. The maximum Gasteiger partial charge on any atom is 0.131 e. The molecule has 2 saturated carbocycles. The molecule has 0 aliphatic heterocycles. The number of hydrogen-bond acceptors (Lipinski definition) is 6. The van der Waals surface area contributed by atoms with E-state index < -0.39 is 23.8 Å². The molecule has 0 radical (unpaired) electrons. The molecular weight excluding hydrogens is 722 g/mol. The Kier molecular flexibility index (Phi) is 7.51. The molecule has 2 aliphatic rings. The summed E-state index contributed by atoms with van der Waals surface area (Å²) in [5.41, 5.74) is 5.29. The van der Waals surface area contributed by atoms with Gasteiger partial charge in [-0.2, -0.15) is 0 Å². The van der Waals surface area contributed by atoms with Crippen molar-refractivity contribution in [3.05, 3.63) is 92.4 Å². The van der Waals surface area contributed by atoms with Crippen LogP contribution in [0.1, 0.15) is 49.0 Å². The third-order valence-electron chi connectivity index (χ3n) is 9.06. The third kappa shape index (κ3) is 5.34. The molecule has 12 heteroatoms. The molecule has 2 heterocycles. The number of hydrogen-bond donors (Lipinski definition) is 2. The molecule has 8 rings (SSSR count). The number of rotatable bonds is 9. The van der Waals surface area contributed by atoms with Gasteiger partial charge in [-0.1, -0.05) is 46.8 Å². The molecule has 0 spiro atoms. The van der Waals surface area contributed by atoms with Crippen LogP contribution in [0.3, 0.4) is 0 Å². The summed E-state index contributed by atoms with van der Waals surface area (Å²) in [6.07, 6.45) is 1.59. The van der Waals surface area contributed by atoms with E-state index in [4.69, 9.17) is 0 Å². The van der Waals surface area contributed by atoms with Crippen LogP contribution in [0, 0.1) is 23.5 Å². The zero-order chi connectivity index (χ0) is 31.7. The fourth-order valence-electron chi connectivity index (χ4n) is 6.02. The van der Waals surface area contributed by atoms with Crippen molar-refractivity contribution in [2.45, 2.75) is 51.0 Å². The van der Waals surface area contributed by atoms with Gasteiger partial charge in [0.2, 0.25) is 0 Å². The summed E-state index contributed by atoms with van der Waals surface area (Å²) in [7, 11) is 0. The van der Waals surface area contributed by atoms with Crippen molar-refractivity contribution in [3.8, 4) is 22.3 Å². The minimum Gasteiger partial charge on any atom is -0.385 e. The molecule has 8 nitrogen and oxygen atoms in total. The lowest BCUT2D eigenvalue weighted by atomic mass is 9.94. The Labute approximate surface area is 279 Å². The molecule has 2 fully saturated rings. The highest BCUT2D eigenvalue weighted by atomic mass is 79.9. The van der Waals surface area contributed by atoms with Crippen LogP contribution in [0.4, 0.5) is 8.78 Å². The summed E-state index contributed by atoms with van der Waals surface area (Å²) in [5.74, 6) is -0.0235. The first-order valence-electron chi connectivity index (χ1n) is 15.3. The van der Waals surface area contributed by atoms with Gasteiger partial charge in [0, 0.05) is 29.8 Å². The quantitative estimate of drug-likeness (QED) is 0.156. The van der Waals surface area contributed by atoms with Crippen molar-refractivity contribution in [2.75, 3.05) is 0 Å². The van der Waals surface area contributed by atoms with Gasteiger partial charge in [0.05, 0.1) is 20.0 Å². The summed E-state index contributed by atoms with van der Waals surface area (Å²) < 4.78 is 36.1. The predicted octanol–water partition coefficient (Wildman–Crippen LogP) is 7.90. The second kappa shape index (κ2) is 11.6. The second-order valence-corrected chi connectivity index (χ2v) is 14.0. The van der Waals surface area contributed by atoms with Gasteiger partial charge in [0.15, 0.2) is 0 Å². The highest BCUT2D eigenvalue weighted by molar-refractivity contribution is 9.11. The van der Waals surface area contributed by atoms with Gasteiger partial charge < -0.3 is 10.2 Å². The van der Waals surface area contributed by atoms with Crippen LogP contribution in [0.15, 0.2) is 69.6 Å². The normalized spacial score (nSPS) is 16.4. The lowest BCUT2D eigenvalue weighted by Gasteiger charge is -2.20. The van der Waals surface area contributed by atoms with Crippen molar-refractivity contribution < 1.29 is 19.0 Å². The van der Waals surface area contributed by atoms with E-state index in [1.54, 1.807) is 6.07 Å². The molecule has 46 heavy (non-hydrogen) atoms. The van der Waals surface area contributed by atoms with E-state index in [2.05, 4.69) is 52.5 Å². The summed E-state index contributed by atoms with van der Waals surface area (Å²) in [4.78, 5) is 0.